The zero-order valence-electron chi connectivity index (χ0n) is 10.2. The van der Waals surface area contributed by atoms with E-state index in [-0.39, 0.29) is 0 Å². The summed E-state index contributed by atoms with van der Waals surface area (Å²) in [6.45, 7) is 0.385. The van der Waals surface area contributed by atoms with Crippen LogP contribution in [-0.2, 0) is 6.61 Å². The number of aromatic nitrogens is 2. The molecule has 0 aliphatic heterocycles. The van der Waals surface area contributed by atoms with Crippen LogP contribution in [0.15, 0.2) is 54.9 Å². The second kappa shape index (κ2) is 4.83. The first-order chi connectivity index (χ1) is 9.35. The average molecular weight is 249 g/mol. The Balaban J connectivity index is 1.76. The van der Waals surface area contributed by atoms with Crippen LogP contribution in [0.2, 0.25) is 0 Å². The summed E-state index contributed by atoms with van der Waals surface area (Å²) in [5.74, 6) is 0.677. The van der Waals surface area contributed by atoms with Gasteiger partial charge in [0.25, 0.3) is 0 Å². The van der Waals surface area contributed by atoms with Gasteiger partial charge >= 0.3 is 0 Å². The number of rotatable bonds is 3. The Morgan fingerprint density at radius 1 is 1.21 bits per heavy atom. The van der Waals surface area contributed by atoms with E-state index in [1.54, 1.807) is 18.2 Å². The summed E-state index contributed by atoms with van der Waals surface area (Å²) in [7, 11) is 0. The van der Waals surface area contributed by atoms with Gasteiger partial charge in [-0.15, -0.1) is 0 Å². The van der Waals surface area contributed by atoms with E-state index < -0.39 is 0 Å². The number of ether oxygens (including phenoxy) is 1. The Morgan fingerprint density at radius 3 is 3.00 bits per heavy atom. The zero-order valence-corrected chi connectivity index (χ0v) is 10.2. The highest BCUT2D eigenvalue weighted by Gasteiger charge is 2.02. The first-order valence-corrected chi connectivity index (χ1v) is 5.91. The van der Waals surface area contributed by atoms with E-state index in [4.69, 9.17) is 10.00 Å². The largest absolute Gasteiger partial charge is 0.487 e. The Bertz CT molecular complexity index is 722. The van der Waals surface area contributed by atoms with Crippen LogP contribution < -0.4 is 4.74 Å². The molecule has 92 valence electrons. The fraction of sp³-hybridized carbons (Fsp3) is 0.0667. The van der Waals surface area contributed by atoms with E-state index >= 15 is 0 Å². The van der Waals surface area contributed by atoms with Crippen LogP contribution >= 0.6 is 0 Å². The van der Waals surface area contributed by atoms with Gasteiger partial charge in [-0.3, -0.25) is 0 Å². The van der Waals surface area contributed by atoms with Crippen molar-refractivity contribution < 1.29 is 4.74 Å². The molecule has 4 heteroatoms. The lowest BCUT2D eigenvalue weighted by atomic mass is 10.2. The minimum Gasteiger partial charge on any atom is -0.487 e. The van der Waals surface area contributed by atoms with Crippen molar-refractivity contribution >= 4 is 5.65 Å². The van der Waals surface area contributed by atoms with Gasteiger partial charge in [0.1, 0.15) is 18.0 Å². The van der Waals surface area contributed by atoms with Crippen LogP contribution in [-0.4, -0.2) is 9.38 Å². The average Bonchev–Trinajstić information content (AvgIpc) is 2.88. The first kappa shape index (κ1) is 11.3. The molecule has 19 heavy (non-hydrogen) atoms. The predicted octanol–water partition coefficient (Wildman–Crippen LogP) is 2.78. The molecule has 0 saturated heterocycles. The molecular formula is C15H11N3O. The summed E-state index contributed by atoms with van der Waals surface area (Å²) >= 11 is 0. The molecule has 4 nitrogen and oxygen atoms in total. The monoisotopic (exact) mass is 249 g/mol. The van der Waals surface area contributed by atoms with Gasteiger partial charge in [-0.2, -0.15) is 5.26 Å². The fourth-order valence-electron chi connectivity index (χ4n) is 1.87. The highest BCUT2D eigenvalue weighted by Crippen LogP contribution is 2.14. The highest BCUT2D eigenvalue weighted by atomic mass is 16.5. The highest BCUT2D eigenvalue weighted by molar-refractivity contribution is 5.39. The summed E-state index contributed by atoms with van der Waals surface area (Å²) in [6, 6.07) is 15.0. The molecule has 3 aromatic rings. The Morgan fingerprint density at radius 2 is 2.16 bits per heavy atom. The van der Waals surface area contributed by atoms with E-state index in [1.165, 1.54) is 0 Å². The Hall–Kier alpha value is -2.80. The quantitative estimate of drug-likeness (QED) is 0.717. The molecule has 0 saturated carbocycles. The maximum Gasteiger partial charge on any atom is 0.137 e. The number of fused-ring (bicyclic) bond motifs is 1. The molecule has 0 aliphatic rings. The van der Waals surface area contributed by atoms with Gasteiger partial charge in [-0.05, 0) is 30.3 Å². The third-order valence-electron chi connectivity index (χ3n) is 2.76. The SMILES string of the molecule is N#Cc1cccc(OCc2cn3ccccc3n2)c1. The molecule has 0 atom stereocenters. The van der Waals surface area contributed by atoms with E-state index in [0.717, 1.165) is 11.3 Å². The van der Waals surface area contributed by atoms with Crippen LogP contribution in [0.5, 0.6) is 5.75 Å². The zero-order chi connectivity index (χ0) is 13.1. The lowest BCUT2D eigenvalue weighted by molar-refractivity contribution is 0.302. The summed E-state index contributed by atoms with van der Waals surface area (Å²) in [4.78, 5) is 4.44. The van der Waals surface area contributed by atoms with E-state index in [9.17, 15) is 0 Å². The fourth-order valence-corrected chi connectivity index (χ4v) is 1.87. The van der Waals surface area contributed by atoms with E-state index in [0.29, 0.717) is 17.9 Å². The lowest BCUT2D eigenvalue weighted by Gasteiger charge is -2.03. The van der Waals surface area contributed by atoms with Gasteiger partial charge in [0.05, 0.1) is 17.3 Å². The number of hydrogen-bond donors (Lipinski definition) is 0. The number of imidazole rings is 1. The lowest BCUT2D eigenvalue weighted by Crippen LogP contribution is -1.95. The van der Waals surface area contributed by atoms with E-state index in [1.807, 2.05) is 41.1 Å². The second-order valence-corrected chi connectivity index (χ2v) is 4.13. The van der Waals surface area contributed by atoms with Gasteiger partial charge < -0.3 is 9.14 Å². The molecule has 3 rings (SSSR count). The number of pyridine rings is 1. The minimum atomic E-state index is 0.385. The molecule has 0 spiro atoms. The number of nitrogens with zero attached hydrogens (tertiary/aromatic N) is 3. The molecule has 2 heterocycles. The third-order valence-corrected chi connectivity index (χ3v) is 2.76. The predicted molar refractivity (Wildman–Crippen MR) is 70.7 cm³/mol. The molecule has 0 amide bonds. The van der Waals surface area contributed by atoms with Gasteiger partial charge in [0, 0.05) is 12.4 Å². The van der Waals surface area contributed by atoms with Crippen molar-refractivity contribution in [3.05, 3.63) is 66.1 Å². The van der Waals surface area contributed by atoms with Crippen LogP contribution in [0.3, 0.4) is 0 Å². The maximum atomic E-state index is 8.82. The normalized spacial score (nSPS) is 10.3. The molecule has 0 radical (unpaired) electrons. The summed E-state index contributed by atoms with van der Waals surface area (Å²) in [5.41, 5.74) is 2.34. The van der Waals surface area contributed by atoms with Gasteiger partial charge in [0.15, 0.2) is 0 Å². The molecule has 1 aromatic carbocycles. The smallest absolute Gasteiger partial charge is 0.137 e. The topological polar surface area (TPSA) is 50.3 Å². The summed E-state index contributed by atoms with van der Waals surface area (Å²) in [6.07, 6.45) is 3.88. The first-order valence-electron chi connectivity index (χ1n) is 5.91. The molecule has 0 fully saturated rings. The molecule has 0 unspecified atom stereocenters. The Labute approximate surface area is 110 Å². The molecular weight excluding hydrogens is 238 g/mol. The number of nitriles is 1. The van der Waals surface area contributed by atoms with Crippen molar-refractivity contribution in [1.82, 2.24) is 9.38 Å². The molecule has 2 aromatic heterocycles. The summed E-state index contributed by atoms with van der Waals surface area (Å²) < 4.78 is 7.59. The molecule has 0 N–H and O–H groups in total. The maximum absolute atomic E-state index is 8.82. The second-order valence-electron chi connectivity index (χ2n) is 4.13. The van der Waals surface area contributed by atoms with Crippen LogP contribution in [0, 0.1) is 11.3 Å². The van der Waals surface area contributed by atoms with Crippen LogP contribution in [0.4, 0.5) is 0 Å². The molecule has 0 bridgehead atoms. The standard InChI is InChI=1S/C15H11N3O/c16-9-12-4-3-5-14(8-12)19-11-13-10-18-7-2-1-6-15(18)17-13/h1-8,10H,11H2. The van der Waals surface area contributed by atoms with Gasteiger partial charge in [0.2, 0.25) is 0 Å². The third kappa shape index (κ3) is 2.40. The minimum absolute atomic E-state index is 0.385. The van der Waals surface area contributed by atoms with Crippen molar-refractivity contribution in [2.24, 2.45) is 0 Å². The molecule has 0 aliphatic carbocycles. The van der Waals surface area contributed by atoms with Crippen LogP contribution in [0.1, 0.15) is 11.3 Å². The van der Waals surface area contributed by atoms with Gasteiger partial charge in [-0.25, -0.2) is 4.98 Å². The van der Waals surface area contributed by atoms with Crippen LogP contribution in [0.25, 0.3) is 5.65 Å². The van der Waals surface area contributed by atoms with E-state index in [2.05, 4.69) is 11.1 Å². The van der Waals surface area contributed by atoms with Gasteiger partial charge in [-0.1, -0.05) is 12.1 Å². The van der Waals surface area contributed by atoms with Crippen molar-refractivity contribution in [2.75, 3.05) is 0 Å². The number of benzene rings is 1. The Kier molecular flexibility index (Phi) is 2.87. The van der Waals surface area contributed by atoms with Crippen molar-refractivity contribution in [2.45, 2.75) is 6.61 Å². The van der Waals surface area contributed by atoms with Crippen molar-refractivity contribution in [1.29, 1.82) is 5.26 Å². The number of hydrogen-bond acceptors (Lipinski definition) is 3. The van der Waals surface area contributed by atoms with Crippen molar-refractivity contribution in [3.63, 3.8) is 0 Å². The van der Waals surface area contributed by atoms with Crippen molar-refractivity contribution in [3.8, 4) is 11.8 Å². The summed E-state index contributed by atoms with van der Waals surface area (Å²) in [5, 5.41) is 8.82.